The fraction of sp³-hybridized carbons (Fsp3) is 0.455. The van der Waals surface area contributed by atoms with E-state index in [1.165, 1.54) is 21.1 Å². The van der Waals surface area contributed by atoms with Gasteiger partial charge in [0, 0.05) is 32.0 Å². The van der Waals surface area contributed by atoms with Crippen LogP contribution in [0.2, 0.25) is 0 Å². The lowest BCUT2D eigenvalue weighted by Gasteiger charge is -2.29. The molecule has 0 aliphatic carbocycles. The Balaban J connectivity index is 1.90. The van der Waals surface area contributed by atoms with E-state index in [1.54, 1.807) is 18.9 Å². The third-order valence-electron chi connectivity index (χ3n) is 5.46. The lowest BCUT2D eigenvalue weighted by molar-refractivity contribution is -0.121. The summed E-state index contributed by atoms with van der Waals surface area (Å²) in [6, 6.07) is 8.13. The average Bonchev–Trinajstić information content (AvgIpc) is 3.36. The molecule has 0 bridgehead atoms. The number of carbonyl (C=O) groups excluding carboxylic acids is 2. The average molecular weight is 448 g/mol. The summed E-state index contributed by atoms with van der Waals surface area (Å²) in [4.78, 5) is 27.1. The maximum Gasteiger partial charge on any atom is 0.354 e. The fourth-order valence-corrected chi connectivity index (χ4v) is 5.66. The van der Waals surface area contributed by atoms with Crippen LogP contribution < -0.4 is 4.90 Å². The fourth-order valence-electron chi connectivity index (χ4n) is 3.93. The van der Waals surface area contributed by atoms with Gasteiger partial charge in [0.2, 0.25) is 15.9 Å². The van der Waals surface area contributed by atoms with E-state index in [4.69, 9.17) is 4.74 Å². The van der Waals surface area contributed by atoms with E-state index in [2.05, 4.69) is 0 Å². The quantitative estimate of drug-likeness (QED) is 0.609. The van der Waals surface area contributed by atoms with Crippen LogP contribution in [0.3, 0.4) is 0 Å². The number of aryl methyl sites for hydroxylation is 2. The van der Waals surface area contributed by atoms with Crippen molar-refractivity contribution in [1.29, 1.82) is 0 Å². The molecular formula is C22H29N3O5S. The first-order valence-corrected chi connectivity index (χ1v) is 11.9. The number of aromatic nitrogens is 1. The van der Waals surface area contributed by atoms with Crippen molar-refractivity contribution < 1.29 is 22.7 Å². The Morgan fingerprint density at radius 1 is 1.23 bits per heavy atom. The maximum absolute atomic E-state index is 13.4. The van der Waals surface area contributed by atoms with Crippen LogP contribution in [0.5, 0.6) is 0 Å². The number of hydrogen-bond donors (Lipinski definition) is 0. The largest absolute Gasteiger partial charge is 0.461 e. The molecule has 0 spiro atoms. The highest BCUT2D eigenvalue weighted by Gasteiger charge is 2.42. The van der Waals surface area contributed by atoms with E-state index >= 15 is 0 Å². The summed E-state index contributed by atoms with van der Waals surface area (Å²) in [5, 5.41) is 0. The summed E-state index contributed by atoms with van der Waals surface area (Å²) in [5.74, 6) is -0.826. The van der Waals surface area contributed by atoms with Gasteiger partial charge in [0.1, 0.15) is 16.6 Å². The molecular weight excluding hydrogens is 418 g/mol. The SMILES string of the molecule is CCOC(=O)c1cc(S(=O)(=O)N2CCCC2C(=O)N(CC)c2cccc(C)c2)cn1C. The number of benzene rings is 1. The molecule has 8 nitrogen and oxygen atoms in total. The Hall–Kier alpha value is -2.65. The zero-order chi connectivity index (χ0) is 22.8. The van der Waals surface area contributed by atoms with Gasteiger partial charge in [0.15, 0.2) is 0 Å². The lowest BCUT2D eigenvalue weighted by Crippen LogP contribution is -2.47. The number of anilines is 1. The number of rotatable bonds is 7. The number of esters is 1. The van der Waals surface area contributed by atoms with Crippen molar-refractivity contribution in [1.82, 2.24) is 8.87 Å². The topological polar surface area (TPSA) is 88.9 Å². The first kappa shape index (κ1) is 23.0. The van der Waals surface area contributed by atoms with Crippen LogP contribution in [0.1, 0.15) is 42.7 Å². The Labute approximate surface area is 183 Å². The minimum Gasteiger partial charge on any atom is -0.461 e. The summed E-state index contributed by atoms with van der Waals surface area (Å²) >= 11 is 0. The van der Waals surface area contributed by atoms with Crippen LogP contribution in [-0.4, -0.2) is 54.9 Å². The van der Waals surface area contributed by atoms with Crippen molar-refractivity contribution in [2.45, 2.75) is 44.6 Å². The first-order valence-electron chi connectivity index (χ1n) is 10.4. The molecule has 9 heteroatoms. The molecule has 1 aromatic carbocycles. The van der Waals surface area contributed by atoms with Gasteiger partial charge in [-0.25, -0.2) is 13.2 Å². The molecule has 1 amide bonds. The van der Waals surface area contributed by atoms with Gasteiger partial charge in [-0.1, -0.05) is 12.1 Å². The Bertz CT molecular complexity index is 1080. The molecule has 2 aromatic rings. The number of ether oxygens (including phenoxy) is 1. The predicted octanol–water partition coefficient (Wildman–Crippen LogP) is 2.72. The molecule has 0 saturated carbocycles. The monoisotopic (exact) mass is 447 g/mol. The zero-order valence-corrected chi connectivity index (χ0v) is 19.2. The second kappa shape index (κ2) is 9.23. The van der Waals surface area contributed by atoms with Crippen molar-refractivity contribution in [3.05, 3.63) is 47.8 Å². The zero-order valence-electron chi connectivity index (χ0n) is 18.4. The molecule has 168 valence electrons. The van der Waals surface area contributed by atoms with E-state index in [-0.39, 0.29) is 29.6 Å². The summed E-state index contributed by atoms with van der Waals surface area (Å²) < 4.78 is 34.5. The molecule has 1 unspecified atom stereocenters. The van der Waals surface area contributed by atoms with Crippen LogP contribution >= 0.6 is 0 Å². The molecule has 1 fully saturated rings. The van der Waals surface area contributed by atoms with E-state index < -0.39 is 22.0 Å². The normalized spacial score (nSPS) is 17.0. The molecule has 1 saturated heterocycles. The van der Waals surface area contributed by atoms with Crippen LogP contribution in [-0.2, 0) is 26.6 Å². The van der Waals surface area contributed by atoms with Gasteiger partial charge in [0.05, 0.1) is 6.61 Å². The third-order valence-corrected chi connectivity index (χ3v) is 7.33. The van der Waals surface area contributed by atoms with Gasteiger partial charge in [-0.3, -0.25) is 4.79 Å². The molecule has 1 aliphatic rings. The van der Waals surface area contributed by atoms with Gasteiger partial charge in [0.25, 0.3) is 0 Å². The number of likely N-dealkylation sites (N-methyl/N-ethyl adjacent to an activating group) is 1. The Morgan fingerprint density at radius 2 is 1.97 bits per heavy atom. The third kappa shape index (κ3) is 4.52. The minimum absolute atomic E-state index is 0.0173. The van der Waals surface area contributed by atoms with Crippen LogP contribution in [0.15, 0.2) is 41.4 Å². The van der Waals surface area contributed by atoms with Crippen LogP contribution in [0, 0.1) is 6.92 Å². The highest BCUT2D eigenvalue weighted by atomic mass is 32.2. The van der Waals surface area contributed by atoms with Crippen molar-refractivity contribution in [3.8, 4) is 0 Å². The van der Waals surface area contributed by atoms with Crippen molar-refractivity contribution in [2.75, 3.05) is 24.6 Å². The van der Waals surface area contributed by atoms with Crippen molar-refractivity contribution in [3.63, 3.8) is 0 Å². The number of hydrogen-bond acceptors (Lipinski definition) is 5. The summed E-state index contributed by atoms with van der Waals surface area (Å²) in [5.41, 5.74) is 1.92. The van der Waals surface area contributed by atoms with E-state index in [0.717, 1.165) is 11.3 Å². The van der Waals surface area contributed by atoms with E-state index in [0.29, 0.717) is 19.4 Å². The first-order chi connectivity index (χ1) is 14.7. The van der Waals surface area contributed by atoms with Crippen molar-refractivity contribution in [2.24, 2.45) is 7.05 Å². The van der Waals surface area contributed by atoms with Crippen LogP contribution in [0.25, 0.3) is 0 Å². The number of amides is 1. The molecule has 31 heavy (non-hydrogen) atoms. The second-order valence-electron chi connectivity index (χ2n) is 7.59. The smallest absolute Gasteiger partial charge is 0.354 e. The number of sulfonamides is 1. The standard InChI is InChI=1S/C22H29N3O5S/c1-5-24(17-10-7-9-16(3)13-17)21(26)19-11-8-12-25(19)31(28,29)18-14-20(23(4)15-18)22(27)30-6-2/h7,9-10,13-15,19H,5-6,8,11-12H2,1-4H3. The predicted molar refractivity (Wildman–Crippen MR) is 117 cm³/mol. The molecule has 1 aromatic heterocycles. The van der Waals surface area contributed by atoms with Crippen LogP contribution in [0.4, 0.5) is 5.69 Å². The van der Waals surface area contributed by atoms with Crippen molar-refractivity contribution >= 4 is 27.6 Å². The van der Waals surface area contributed by atoms with Gasteiger partial charge in [-0.05, 0) is 57.4 Å². The summed E-state index contributed by atoms with van der Waals surface area (Å²) in [6.45, 7) is 6.40. The molecule has 1 aliphatic heterocycles. The van der Waals surface area contributed by atoms with E-state index in [9.17, 15) is 18.0 Å². The van der Waals surface area contributed by atoms with Gasteiger partial charge < -0.3 is 14.2 Å². The minimum atomic E-state index is -3.96. The molecule has 2 heterocycles. The molecule has 0 radical (unpaired) electrons. The Kier molecular flexibility index (Phi) is 6.86. The molecule has 1 atom stereocenters. The van der Waals surface area contributed by atoms with Gasteiger partial charge >= 0.3 is 5.97 Å². The second-order valence-corrected chi connectivity index (χ2v) is 9.48. The van der Waals surface area contributed by atoms with Gasteiger partial charge in [-0.2, -0.15) is 4.31 Å². The van der Waals surface area contributed by atoms with Gasteiger partial charge in [-0.15, -0.1) is 0 Å². The highest BCUT2D eigenvalue weighted by molar-refractivity contribution is 7.89. The molecule has 0 N–H and O–H groups in total. The highest BCUT2D eigenvalue weighted by Crippen LogP contribution is 2.30. The number of nitrogens with zero attached hydrogens (tertiary/aromatic N) is 3. The van der Waals surface area contributed by atoms with E-state index in [1.807, 2.05) is 38.1 Å². The Morgan fingerprint density at radius 3 is 2.61 bits per heavy atom. The lowest BCUT2D eigenvalue weighted by atomic mass is 10.1. The summed E-state index contributed by atoms with van der Waals surface area (Å²) in [6.07, 6.45) is 2.44. The number of carbonyl (C=O) groups is 2. The maximum atomic E-state index is 13.4. The molecule has 3 rings (SSSR count). The summed E-state index contributed by atoms with van der Waals surface area (Å²) in [7, 11) is -2.37.